The van der Waals surface area contributed by atoms with Crippen molar-refractivity contribution in [2.75, 3.05) is 40.5 Å². The summed E-state index contributed by atoms with van der Waals surface area (Å²) in [6.45, 7) is 4.39. The summed E-state index contributed by atoms with van der Waals surface area (Å²) in [5.41, 5.74) is 8.57. The van der Waals surface area contributed by atoms with E-state index in [1.807, 2.05) is 0 Å². The van der Waals surface area contributed by atoms with E-state index in [1.54, 1.807) is 14.2 Å². The first kappa shape index (κ1) is 16.4. The van der Waals surface area contributed by atoms with E-state index in [9.17, 15) is 0 Å². The second-order valence-corrected chi connectivity index (χ2v) is 5.86. The average molecular weight is 292 g/mol. The number of piperidine rings is 1. The van der Waals surface area contributed by atoms with E-state index in [0.717, 1.165) is 19.7 Å². The van der Waals surface area contributed by atoms with E-state index in [-0.39, 0.29) is 0 Å². The first-order chi connectivity index (χ1) is 10.3. The smallest absolute Gasteiger partial charge is 0.0713 e. The lowest BCUT2D eigenvalue weighted by molar-refractivity contribution is 0.0810. The molecule has 4 heteroatoms. The van der Waals surface area contributed by atoms with Gasteiger partial charge in [0.05, 0.1) is 6.61 Å². The van der Waals surface area contributed by atoms with Crippen LogP contribution in [0.5, 0.6) is 0 Å². The molecule has 0 radical (unpaired) electrons. The van der Waals surface area contributed by atoms with Crippen molar-refractivity contribution in [3.8, 4) is 0 Å². The maximum absolute atomic E-state index is 6.06. The van der Waals surface area contributed by atoms with Gasteiger partial charge >= 0.3 is 0 Å². The van der Waals surface area contributed by atoms with Crippen LogP contribution >= 0.6 is 0 Å². The van der Waals surface area contributed by atoms with Gasteiger partial charge in [-0.15, -0.1) is 0 Å². The zero-order chi connectivity index (χ0) is 15.1. The molecule has 1 saturated heterocycles. The Balaban J connectivity index is 2.01. The van der Waals surface area contributed by atoms with Crippen LogP contribution in [0.2, 0.25) is 0 Å². The molecule has 0 amide bonds. The van der Waals surface area contributed by atoms with Crippen LogP contribution < -0.4 is 5.73 Å². The first-order valence-corrected chi connectivity index (χ1v) is 7.79. The van der Waals surface area contributed by atoms with Crippen molar-refractivity contribution < 1.29 is 9.47 Å². The Morgan fingerprint density at radius 1 is 1.24 bits per heavy atom. The van der Waals surface area contributed by atoms with Crippen molar-refractivity contribution >= 4 is 0 Å². The summed E-state index contributed by atoms with van der Waals surface area (Å²) in [5, 5.41) is 0. The van der Waals surface area contributed by atoms with Crippen molar-refractivity contribution in [2.24, 2.45) is 11.7 Å². The van der Waals surface area contributed by atoms with Crippen molar-refractivity contribution in [3.05, 3.63) is 35.4 Å². The van der Waals surface area contributed by atoms with Gasteiger partial charge in [0, 0.05) is 33.4 Å². The molecule has 1 aliphatic heterocycles. The van der Waals surface area contributed by atoms with Gasteiger partial charge in [0.2, 0.25) is 0 Å². The largest absolute Gasteiger partial charge is 0.384 e. The Morgan fingerprint density at radius 2 is 2.00 bits per heavy atom. The molecule has 21 heavy (non-hydrogen) atoms. The topological polar surface area (TPSA) is 47.7 Å². The number of benzene rings is 1. The molecule has 1 fully saturated rings. The molecule has 118 valence electrons. The van der Waals surface area contributed by atoms with E-state index in [2.05, 4.69) is 29.2 Å². The fourth-order valence-corrected chi connectivity index (χ4v) is 3.22. The van der Waals surface area contributed by atoms with Crippen LogP contribution in [-0.4, -0.2) is 45.4 Å². The monoisotopic (exact) mass is 292 g/mol. The Bertz CT molecular complexity index is 417. The second kappa shape index (κ2) is 8.49. The quantitative estimate of drug-likeness (QED) is 0.837. The molecular weight excluding hydrogens is 264 g/mol. The van der Waals surface area contributed by atoms with Gasteiger partial charge in [-0.1, -0.05) is 24.3 Å². The maximum atomic E-state index is 6.06. The van der Waals surface area contributed by atoms with Crippen LogP contribution in [0.25, 0.3) is 0 Å². The van der Waals surface area contributed by atoms with Gasteiger partial charge in [-0.3, -0.25) is 4.90 Å². The van der Waals surface area contributed by atoms with Crippen LogP contribution in [-0.2, 0) is 16.1 Å². The Kier molecular flexibility index (Phi) is 6.64. The van der Waals surface area contributed by atoms with Gasteiger partial charge < -0.3 is 15.2 Å². The minimum Gasteiger partial charge on any atom is -0.384 e. The highest BCUT2D eigenvalue weighted by molar-refractivity contribution is 5.26. The molecule has 0 aromatic heterocycles. The van der Waals surface area contributed by atoms with Gasteiger partial charge in [-0.05, 0) is 43.0 Å². The van der Waals surface area contributed by atoms with Crippen LogP contribution in [0.15, 0.2) is 24.3 Å². The highest BCUT2D eigenvalue weighted by atomic mass is 16.5. The molecule has 0 saturated carbocycles. The van der Waals surface area contributed by atoms with E-state index in [0.29, 0.717) is 25.1 Å². The van der Waals surface area contributed by atoms with Gasteiger partial charge in [-0.2, -0.15) is 0 Å². The minimum atomic E-state index is 0.310. The molecule has 1 aromatic carbocycles. The normalized spacial score (nSPS) is 18.8. The van der Waals surface area contributed by atoms with E-state index < -0.39 is 0 Å². The van der Waals surface area contributed by atoms with Crippen molar-refractivity contribution in [2.45, 2.75) is 25.5 Å². The predicted molar refractivity (Wildman–Crippen MR) is 85.1 cm³/mol. The molecule has 1 aromatic rings. The van der Waals surface area contributed by atoms with Gasteiger partial charge in [0.25, 0.3) is 0 Å². The SMILES string of the molecule is COCc1cccc(C(CN)N2CCC(COC)CC2)c1. The number of nitrogens with two attached hydrogens (primary N) is 1. The first-order valence-electron chi connectivity index (χ1n) is 7.79. The molecule has 0 bridgehead atoms. The summed E-state index contributed by atoms with van der Waals surface area (Å²) in [6.07, 6.45) is 2.39. The highest BCUT2D eigenvalue weighted by Gasteiger charge is 2.25. The van der Waals surface area contributed by atoms with Crippen LogP contribution in [0.4, 0.5) is 0 Å². The average Bonchev–Trinajstić information content (AvgIpc) is 2.51. The van der Waals surface area contributed by atoms with Crippen LogP contribution in [0.1, 0.15) is 30.0 Å². The molecule has 2 rings (SSSR count). The predicted octanol–water partition coefficient (Wildman–Crippen LogP) is 2.19. The molecule has 0 aliphatic carbocycles. The van der Waals surface area contributed by atoms with Gasteiger partial charge in [-0.25, -0.2) is 0 Å². The number of hydrogen-bond acceptors (Lipinski definition) is 4. The fourth-order valence-electron chi connectivity index (χ4n) is 3.22. The Hall–Kier alpha value is -0.940. The zero-order valence-electron chi connectivity index (χ0n) is 13.3. The summed E-state index contributed by atoms with van der Waals surface area (Å²) in [5.74, 6) is 0.699. The second-order valence-electron chi connectivity index (χ2n) is 5.86. The van der Waals surface area contributed by atoms with Crippen molar-refractivity contribution in [3.63, 3.8) is 0 Å². The van der Waals surface area contributed by atoms with Crippen molar-refractivity contribution in [1.82, 2.24) is 4.90 Å². The van der Waals surface area contributed by atoms with E-state index in [1.165, 1.54) is 24.0 Å². The third-order valence-electron chi connectivity index (χ3n) is 4.36. The molecule has 1 heterocycles. The lowest BCUT2D eigenvalue weighted by Crippen LogP contribution is -2.40. The van der Waals surface area contributed by atoms with Crippen LogP contribution in [0, 0.1) is 5.92 Å². The molecule has 4 nitrogen and oxygen atoms in total. The summed E-state index contributed by atoms with van der Waals surface area (Å²) in [7, 11) is 3.52. The van der Waals surface area contributed by atoms with Crippen molar-refractivity contribution in [1.29, 1.82) is 0 Å². The number of ether oxygens (including phenoxy) is 2. The Labute approximate surface area is 128 Å². The number of nitrogens with zero attached hydrogens (tertiary/aromatic N) is 1. The molecule has 1 unspecified atom stereocenters. The maximum Gasteiger partial charge on any atom is 0.0713 e. The van der Waals surface area contributed by atoms with Gasteiger partial charge in [0.15, 0.2) is 0 Å². The Morgan fingerprint density at radius 3 is 2.62 bits per heavy atom. The summed E-state index contributed by atoms with van der Waals surface area (Å²) in [4.78, 5) is 2.51. The minimum absolute atomic E-state index is 0.310. The summed E-state index contributed by atoms with van der Waals surface area (Å²) >= 11 is 0. The number of likely N-dealkylation sites (tertiary alicyclic amines) is 1. The summed E-state index contributed by atoms with van der Waals surface area (Å²) < 4.78 is 10.5. The highest BCUT2D eigenvalue weighted by Crippen LogP contribution is 2.27. The third-order valence-corrected chi connectivity index (χ3v) is 4.36. The molecule has 1 aliphatic rings. The molecule has 1 atom stereocenters. The lowest BCUT2D eigenvalue weighted by atomic mass is 9.94. The lowest BCUT2D eigenvalue weighted by Gasteiger charge is -2.37. The fraction of sp³-hybridized carbons (Fsp3) is 0.647. The van der Waals surface area contributed by atoms with E-state index in [4.69, 9.17) is 15.2 Å². The summed E-state index contributed by atoms with van der Waals surface area (Å²) in [6, 6.07) is 8.92. The standard InChI is InChI=1S/C17H28N2O2/c1-20-12-14-6-8-19(9-7-14)17(11-18)16-5-3-4-15(10-16)13-21-2/h3-5,10,14,17H,6-9,11-13,18H2,1-2H3. The number of hydrogen-bond donors (Lipinski definition) is 1. The van der Waals surface area contributed by atoms with Crippen LogP contribution in [0.3, 0.4) is 0 Å². The zero-order valence-corrected chi connectivity index (χ0v) is 13.3. The molecular formula is C17H28N2O2. The molecule has 0 spiro atoms. The van der Waals surface area contributed by atoms with Gasteiger partial charge in [0.1, 0.15) is 0 Å². The molecule has 2 N–H and O–H groups in total. The number of rotatable bonds is 7. The third kappa shape index (κ3) is 4.51. The van der Waals surface area contributed by atoms with E-state index >= 15 is 0 Å². The number of methoxy groups -OCH3 is 2.